The molecule has 6 heteroatoms. The molecule has 1 N–H and O–H groups in total. The quantitative estimate of drug-likeness (QED) is 0.651. The lowest BCUT2D eigenvalue weighted by molar-refractivity contribution is -0.385. The lowest BCUT2D eigenvalue weighted by Crippen LogP contribution is -1.98. The van der Waals surface area contributed by atoms with Crippen LogP contribution in [-0.4, -0.2) is 4.92 Å². The first-order valence-electron chi connectivity index (χ1n) is 6.29. The van der Waals surface area contributed by atoms with E-state index in [1.54, 1.807) is 6.07 Å². The van der Waals surface area contributed by atoms with Gasteiger partial charge in [0.2, 0.25) is 0 Å². The topological polar surface area (TPSA) is 79.0 Å². The Hall–Kier alpha value is -2.39. The minimum Gasteiger partial charge on any atom is -0.355 e. The highest BCUT2D eigenvalue weighted by molar-refractivity contribution is 9.10. The number of nitrogens with zero attached hydrogens (tertiary/aromatic N) is 2. The molecule has 5 nitrogen and oxygen atoms in total. The van der Waals surface area contributed by atoms with E-state index < -0.39 is 4.92 Å². The van der Waals surface area contributed by atoms with E-state index in [2.05, 4.69) is 21.2 Å². The Morgan fingerprint density at radius 2 is 2.10 bits per heavy atom. The van der Waals surface area contributed by atoms with Crippen molar-refractivity contribution in [3.63, 3.8) is 0 Å². The van der Waals surface area contributed by atoms with Gasteiger partial charge in [0.05, 0.1) is 4.92 Å². The predicted octanol–water partition coefficient (Wildman–Crippen LogP) is 4.53. The van der Waals surface area contributed by atoms with E-state index in [1.807, 2.05) is 31.2 Å². The third-order valence-corrected chi connectivity index (χ3v) is 3.54. The molecule has 0 spiro atoms. The van der Waals surface area contributed by atoms with Crippen LogP contribution in [0.3, 0.4) is 0 Å². The van der Waals surface area contributed by atoms with Gasteiger partial charge in [0.1, 0.15) is 11.6 Å². The molecule has 0 aromatic heterocycles. The van der Waals surface area contributed by atoms with Crippen molar-refractivity contribution in [2.45, 2.75) is 13.3 Å². The first-order chi connectivity index (χ1) is 10.0. The first kappa shape index (κ1) is 15.0. The highest BCUT2D eigenvalue weighted by Crippen LogP contribution is 2.28. The van der Waals surface area contributed by atoms with E-state index in [4.69, 9.17) is 5.26 Å². The lowest BCUT2D eigenvalue weighted by atomic mass is 10.1. The van der Waals surface area contributed by atoms with E-state index in [1.165, 1.54) is 12.1 Å². The number of nitrogens with one attached hydrogen (secondary N) is 1. The largest absolute Gasteiger partial charge is 0.355 e. The van der Waals surface area contributed by atoms with Crippen molar-refractivity contribution in [2.24, 2.45) is 0 Å². The Kier molecular flexibility index (Phi) is 4.55. The Morgan fingerprint density at radius 3 is 2.71 bits per heavy atom. The number of hydrogen-bond donors (Lipinski definition) is 1. The van der Waals surface area contributed by atoms with Crippen LogP contribution in [0.25, 0.3) is 0 Å². The molecule has 2 rings (SSSR count). The summed E-state index contributed by atoms with van der Waals surface area (Å²) >= 11 is 3.42. The van der Waals surface area contributed by atoms with Crippen LogP contribution in [0.2, 0.25) is 0 Å². The van der Waals surface area contributed by atoms with E-state index in [9.17, 15) is 10.1 Å². The number of anilines is 2. The van der Waals surface area contributed by atoms with Crippen molar-refractivity contribution < 1.29 is 4.92 Å². The standard InChI is InChI=1S/C15H12BrN3O2/c1-2-10-7-12(16)4-6-14(10)18-13-5-3-11(9-17)15(8-13)19(20)21/h3-8,18H,2H2,1H3. The summed E-state index contributed by atoms with van der Waals surface area (Å²) in [5.74, 6) is 0. The van der Waals surface area contributed by atoms with Gasteiger partial charge in [-0.3, -0.25) is 10.1 Å². The van der Waals surface area contributed by atoms with E-state index in [0.29, 0.717) is 5.69 Å². The summed E-state index contributed by atoms with van der Waals surface area (Å²) in [4.78, 5) is 10.4. The van der Waals surface area contributed by atoms with Crippen molar-refractivity contribution >= 4 is 33.0 Å². The molecule has 0 aliphatic rings. The highest BCUT2D eigenvalue weighted by Gasteiger charge is 2.14. The summed E-state index contributed by atoms with van der Waals surface area (Å²) in [6.07, 6.45) is 0.833. The zero-order valence-corrected chi connectivity index (χ0v) is 12.8. The molecule has 0 radical (unpaired) electrons. The molecular formula is C15H12BrN3O2. The third-order valence-electron chi connectivity index (χ3n) is 3.04. The molecule has 0 unspecified atom stereocenters. The number of aryl methyl sites for hydroxylation is 1. The average Bonchev–Trinajstić information content (AvgIpc) is 2.48. The SMILES string of the molecule is CCc1cc(Br)ccc1Nc1ccc(C#N)c([N+](=O)[O-])c1. The molecule has 0 aliphatic carbocycles. The van der Waals surface area contributed by atoms with Crippen molar-refractivity contribution in [3.05, 3.63) is 62.1 Å². The van der Waals surface area contributed by atoms with Gasteiger partial charge in [-0.25, -0.2) is 0 Å². The summed E-state index contributed by atoms with van der Waals surface area (Å²) in [6.45, 7) is 2.04. The van der Waals surface area contributed by atoms with E-state index >= 15 is 0 Å². The maximum atomic E-state index is 11.0. The summed E-state index contributed by atoms with van der Waals surface area (Å²) < 4.78 is 0.982. The normalized spacial score (nSPS) is 9.95. The van der Waals surface area contributed by atoms with Crippen LogP contribution in [-0.2, 0) is 6.42 Å². The van der Waals surface area contributed by atoms with Gasteiger partial charge in [0.25, 0.3) is 5.69 Å². The maximum Gasteiger partial charge on any atom is 0.289 e. The van der Waals surface area contributed by atoms with Crippen LogP contribution in [0.5, 0.6) is 0 Å². The smallest absolute Gasteiger partial charge is 0.289 e. The van der Waals surface area contributed by atoms with Crippen LogP contribution in [0.4, 0.5) is 17.1 Å². The number of rotatable bonds is 4. The Morgan fingerprint density at radius 1 is 1.33 bits per heavy atom. The van der Waals surface area contributed by atoms with Crippen LogP contribution in [0, 0.1) is 21.4 Å². The van der Waals surface area contributed by atoms with Crippen LogP contribution in [0.15, 0.2) is 40.9 Å². The van der Waals surface area contributed by atoms with E-state index in [-0.39, 0.29) is 11.3 Å². The van der Waals surface area contributed by atoms with Crippen LogP contribution in [0.1, 0.15) is 18.1 Å². The summed E-state index contributed by atoms with van der Waals surface area (Å²) in [6, 6.07) is 12.1. The van der Waals surface area contributed by atoms with Crippen molar-refractivity contribution in [3.8, 4) is 6.07 Å². The van der Waals surface area contributed by atoms with Crippen molar-refractivity contribution in [1.29, 1.82) is 5.26 Å². The summed E-state index contributed by atoms with van der Waals surface area (Å²) in [5, 5.41) is 23.0. The molecule has 2 aromatic rings. The molecule has 0 atom stereocenters. The summed E-state index contributed by atoms with van der Waals surface area (Å²) in [5.41, 5.74) is 2.42. The monoisotopic (exact) mass is 345 g/mol. The number of nitriles is 1. The third kappa shape index (κ3) is 3.38. The lowest BCUT2D eigenvalue weighted by Gasteiger charge is -2.11. The molecule has 0 bridgehead atoms. The van der Waals surface area contributed by atoms with E-state index in [0.717, 1.165) is 22.1 Å². The number of nitro benzene ring substituents is 1. The van der Waals surface area contributed by atoms with Gasteiger partial charge in [-0.1, -0.05) is 22.9 Å². The fourth-order valence-corrected chi connectivity index (χ4v) is 2.40. The van der Waals surface area contributed by atoms with Gasteiger partial charge in [0.15, 0.2) is 0 Å². The van der Waals surface area contributed by atoms with Crippen molar-refractivity contribution in [2.75, 3.05) is 5.32 Å². The maximum absolute atomic E-state index is 11.0. The Labute approximate surface area is 130 Å². The molecule has 21 heavy (non-hydrogen) atoms. The minimum absolute atomic E-state index is 0.0528. The average molecular weight is 346 g/mol. The number of nitro groups is 1. The minimum atomic E-state index is -0.550. The predicted molar refractivity (Wildman–Crippen MR) is 84.6 cm³/mol. The second-order valence-corrected chi connectivity index (χ2v) is 5.30. The molecule has 0 saturated carbocycles. The van der Waals surface area contributed by atoms with Gasteiger partial charge < -0.3 is 5.32 Å². The van der Waals surface area contributed by atoms with Gasteiger partial charge in [-0.2, -0.15) is 5.26 Å². The molecule has 0 fully saturated rings. The summed E-state index contributed by atoms with van der Waals surface area (Å²) in [7, 11) is 0. The fraction of sp³-hybridized carbons (Fsp3) is 0.133. The molecule has 106 valence electrons. The first-order valence-corrected chi connectivity index (χ1v) is 7.08. The zero-order valence-electron chi connectivity index (χ0n) is 11.3. The van der Waals surface area contributed by atoms with Crippen LogP contribution >= 0.6 is 15.9 Å². The highest BCUT2D eigenvalue weighted by atomic mass is 79.9. The Balaban J connectivity index is 2.39. The number of hydrogen-bond acceptors (Lipinski definition) is 4. The molecule has 0 aliphatic heterocycles. The molecular weight excluding hydrogens is 334 g/mol. The number of benzene rings is 2. The van der Waals surface area contributed by atoms with Crippen molar-refractivity contribution in [1.82, 2.24) is 0 Å². The van der Waals surface area contributed by atoms with Gasteiger partial charge in [0, 0.05) is 21.9 Å². The molecule has 0 heterocycles. The number of halogens is 1. The van der Waals surface area contributed by atoms with Gasteiger partial charge in [-0.05, 0) is 42.3 Å². The van der Waals surface area contributed by atoms with Gasteiger partial charge in [-0.15, -0.1) is 0 Å². The van der Waals surface area contributed by atoms with Crippen LogP contribution < -0.4 is 5.32 Å². The zero-order chi connectivity index (χ0) is 15.4. The van der Waals surface area contributed by atoms with Gasteiger partial charge >= 0.3 is 0 Å². The second kappa shape index (κ2) is 6.37. The fourth-order valence-electron chi connectivity index (χ4n) is 1.99. The molecule has 0 amide bonds. The Bertz CT molecular complexity index is 738. The molecule has 2 aromatic carbocycles. The molecule has 0 saturated heterocycles. The second-order valence-electron chi connectivity index (χ2n) is 4.38.